The molecule has 102 valence electrons. The van der Waals surface area contributed by atoms with Gasteiger partial charge in [-0.1, -0.05) is 12.1 Å². The fraction of sp³-hybridized carbons (Fsp3) is 0.400. The van der Waals surface area contributed by atoms with Gasteiger partial charge in [-0.3, -0.25) is 9.13 Å². The summed E-state index contributed by atoms with van der Waals surface area (Å²) in [5.74, 6) is 0. The lowest BCUT2D eigenvalue weighted by Crippen LogP contribution is -2.29. The number of aromatic nitrogens is 2. The summed E-state index contributed by atoms with van der Waals surface area (Å²) in [5, 5.41) is 0. The molecule has 4 nitrogen and oxygen atoms in total. The molecule has 2 aromatic rings. The van der Waals surface area contributed by atoms with E-state index < -0.39 is 5.54 Å². The Morgan fingerprint density at radius 3 is 2.42 bits per heavy atom. The lowest BCUT2D eigenvalue weighted by atomic mass is 9.95. The van der Waals surface area contributed by atoms with Crippen LogP contribution in [0.1, 0.15) is 39.3 Å². The van der Waals surface area contributed by atoms with Crippen LogP contribution < -0.4 is 11.4 Å². The van der Waals surface area contributed by atoms with Crippen molar-refractivity contribution in [2.75, 3.05) is 0 Å². The highest BCUT2D eigenvalue weighted by Gasteiger charge is 2.15. The lowest BCUT2D eigenvalue weighted by molar-refractivity contribution is 0.553. The minimum atomic E-state index is -0.416. The van der Waals surface area contributed by atoms with Crippen LogP contribution in [0.4, 0.5) is 0 Å². The first-order valence-electron chi connectivity index (χ1n) is 6.50. The van der Waals surface area contributed by atoms with E-state index in [0.29, 0.717) is 0 Å². The minimum Gasteiger partial charge on any atom is -0.322 e. The molecular weight excluding hydrogens is 238 g/mol. The zero-order valence-corrected chi connectivity index (χ0v) is 11.9. The Kier molecular flexibility index (Phi) is 3.37. The predicted octanol–water partition coefficient (Wildman–Crippen LogP) is 2.41. The van der Waals surface area contributed by atoms with Gasteiger partial charge in [-0.15, -0.1) is 0 Å². The first kappa shape index (κ1) is 13.6. The van der Waals surface area contributed by atoms with E-state index in [0.717, 1.165) is 11.3 Å². The zero-order valence-electron chi connectivity index (χ0n) is 11.9. The van der Waals surface area contributed by atoms with Crippen molar-refractivity contribution in [3.63, 3.8) is 0 Å². The van der Waals surface area contributed by atoms with Gasteiger partial charge in [0.25, 0.3) is 0 Å². The summed E-state index contributed by atoms with van der Waals surface area (Å²) in [6, 6.07) is 7.95. The Morgan fingerprint density at radius 2 is 1.89 bits per heavy atom. The summed E-state index contributed by atoms with van der Waals surface area (Å²) in [4.78, 5) is 12.3. The molecule has 1 aromatic carbocycles. The Balaban J connectivity index is 2.52. The predicted molar refractivity (Wildman–Crippen MR) is 77.6 cm³/mol. The van der Waals surface area contributed by atoms with Gasteiger partial charge in [0.1, 0.15) is 0 Å². The molecule has 0 atom stereocenters. The van der Waals surface area contributed by atoms with Crippen molar-refractivity contribution in [1.29, 1.82) is 0 Å². The van der Waals surface area contributed by atoms with Crippen LogP contribution in [0.15, 0.2) is 41.5 Å². The van der Waals surface area contributed by atoms with Crippen LogP contribution in [-0.4, -0.2) is 9.13 Å². The quantitative estimate of drug-likeness (QED) is 0.920. The summed E-state index contributed by atoms with van der Waals surface area (Å²) in [7, 11) is 0. The Bertz CT molecular complexity index is 629. The molecule has 1 aromatic heterocycles. The van der Waals surface area contributed by atoms with Gasteiger partial charge in [0.15, 0.2) is 0 Å². The number of rotatable bonds is 3. The van der Waals surface area contributed by atoms with Crippen LogP contribution in [0.5, 0.6) is 0 Å². The third-order valence-electron chi connectivity index (χ3n) is 3.23. The van der Waals surface area contributed by atoms with Gasteiger partial charge in [-0.05, 0) is 45.4 Å². The molecule has 19 heavy (non-hydrogen) atoms. The van der Waals surface area contributed by atoms with Crippen LogP contribution in [0.3, 0.4) is 0 Å². The summed E-state index contributed by atoms with van der Waals surface area (Å²) < 4.78 is 3.36. The smallest absolute Gasteiger partial charge is 0.322 e. The van der Waals surface area contributed by atoms with E-state index in [4.69, 9.17) is 5.73 Å². The van der Waals surface area contributed by atoms with Crippen LogP contribution in [0, 0.1) is 0 Å². The van der Waals surface area contributed by atoms with E-state index in [1.165, 1.54) is 0 Å². The molecule has 0 aliphatic heterocycles. The first-order chi connectivity index (χ1) is 8.80. The highest BCUT2D eigenvalue weighted by Crippen LogP contribution is 2.19. The third kappa shape index (κ3) is 2.63. The molecule has 1 heterocycles. The Hall–Kier alpha value is -1.81. The molecule has 0 fully saturated rings. The van der Waals surface area contributed by atoms with Crippen LogP contribution >= 0.6 is 0 Å². The second-order valence-corrected chi connectivity index (χ2v) is 5.72. The number of hydrogen-bond acceptors (Lipinski definition) is 2. The topological polar surface area (TPSA) is 52.9 Å². The fourth-order valence-electron chi connectivity index (χ4n) is 2.04. The summed E-state index contributed by atoms with van der Waals surface area (Å²) in [5.41, 5.74) is 7.52. The number of benzene rings is 1. The van der Waals surface area contributed by atoms with Gasteiger partial charge >= 0.3 is 5.69 Å². The van der Waals surface area contributed by atoms with Crippen molar-refractivity contribution in [3.8, 4) is 5.69 Å². The molecule has 0 unspecified atom stereocenters. The minimum absolute atomic E-state index is 0.0259. The summed E-state index contributed by atoms with van der Waals surface area (Å²) in [6.45, 7) is 7.89. The summed E-state index contributed by atoms with van der Waals surface area (Å²) in [6.07, 6.45) is 3.61. The van der Waals surface area contributed by atoms with Gasteiger partial charge in [-0.25, -0.2) is 4.79 Å². The van der Waals surface area contributed by atoms with E-state index in [1.807, 2.05) is 58.2 Å². The highest BCUT2D eigenvalue weighted by molar-refractivity contribution is 5.38. The van der Waals surface area contributed by atoms with Crippen molar-refractivity contribution in [3.05, 3.63) is 52.7 Å². The van der Waals surface area contributed by atoms with Crippen molar-refractivity contribution in [2.24, 2.45) is 5.73 Å². The standard InChI is InChI=1S/C15H21N3O/c1-11(2)17-8-9-18(14(17)19)13-7-5-6-12(10-13)15(3,4)16/h5-11H,16H2,1-4H3. The largest absolute Gasteiger partial charge is 0.332 e. The summed E-state index contributed by atoms with van der Waals surface area (Å²) >= 11 is 0. The number of imidazole rings is 1. The van der Waals surface area contributed by atoms with E-state index in [2.05, 4.69) is 0 Å². The van der Waals surface area contributed by atoms with Crippen molar-refractivity contribution < 1.29 is 0 Å². The molecule has 0 saturated carbocycles. The van der Waals surface area contributed by atoms with Crippen LogP contribution in [0.2, 0.25) is 0 Å². The van der Waals surface area contributed by atoms with E-state index in [1.54, 1.807) is 15.3 Å². The maximum atomic E-state index is 12.3. The van der Waals surface area contributed by atoms with E-state index >= 15 is 0 Å². The maximum absolute atomic E-state index is 12.3. The molecule has 4 heteroatoms. The normalized spacial score (nSPS) is 12.1. The van der Waals surface area contributed by atoms with Crippen LogP contribution in [0.25, 0.3) is 5.69 Å². The second-order valence-electron chi connectivity index (χ2n) is 5.72. The average Bonchev–Trinajstić information content (AvgIpc) is 2.70. The van der Waals surface area contributed by atoms with Gasteiger partial charge in [0.2, 0.25) is 0 Å². The average molecular weight is 259 g/mol. The highest BCUT2D eigenvalue weighted by atomic mass is 16.1. The van der Waals surface area contributed by atoms with Gasteiger partial charge in [0.05, 0.1) is 5.69 Å². The second kappa shape index (κ2) is 4.70. The molecule has 0 aliphatic carbocycles. The van der Waals surface area contributed by atoms with Crippen LogP contribution in [-0.2, 0) is 5.54 Å². The Morgan fingerprint density at radius 1 is 1.21 bits per heavy atom. The number of nitrogens with zero attached hydrogens (tertiary/aromatic N) is 2. The van der Waals surface area contributed by atoms with Crippen molar-refractivity contribution >= 4 is 0 Å². The van der Waals surface area contributed by atoms with E-state index in [9.17, 15) is 4.79 Å². The lowest BCUT2D eigenvalue weighted by Gasteiger charge is -2.19. The zero-order chi connectivity index (χ0) is 14.2. The molecular formula is C15H21N3O. The van der Waals surface area contributed by atoms with Crippen molar-refractivity contribution in [2.45, 2.75) is 39.3 Å². The van der Waals surface area contributed by atoms with Crippen molar-refractivity contribution in [1.82, 2.24) is 9.13 Å². The number of nitrogens with two attached hydrogens (primary N) is 1. The molecule has 0 amide bonds. The Labute approximate surface area is 113 Å². The SMILES string of the molecule is CC(C)n1ccn(-c2cccc(C(C)(C)N)c2)c1=O. The monoisotopic (exact) mass is 259 g/mol. The van der Waals surface area contributed by atoms with Gasteiger partial charge in [-0.2, -0.15) is 0 Å². The molecule has 0 radical (unpaired) electrons. The molecule has 0 aliphatic rings. The third-order valence-corrected chi connectivity index (χ3v) is 3.23. The molecule has 0 saturated heterocycles. The van der Waals surface area contributed by atoms with E-state index in [-0.39, 0.29) is 11.7 Å². The van der Waals surface area contributed by atoms with Gasteiger partial charge in [0, 0.05) is 24.0 Å². The fourth-order valence-corrected chi connectivity index (χ4v) is 2.04. The van der Waals surface area contributed by atoms with Gasteiger partial charge < -0.3 is 5.73 Å². The first-order valence-corrected chi connectivity index (χ1v) is 6.50. The molecule has 0 bridgehead atoms. The molecule has 0 spiro atoms. The molecule has 2 rings (SSSR count). The number of hydrogen-bond donors (Lipinski definition) is 1. The molecule has 2 N–H and O–H groups in total. The maximum Gasteiger partial charge on any atom is 0.332 e.